The molecule has 0 spiro atoms. The maximum absolute atomic E-state index is 12.4. The maximum Gasteiger partial charge on any atom is 0.251 e. The molecule has 0 saturated heterocycles. The van der Waals surface area contributed by atoms with E-state index >= 15 is 0 Å². The molecule has 1 atom stereocenters. The molecule has 0 aromatic heterocycles. The summed E-state index contributed by atoms with van der Waals surface area (Å²) in [5.74, 6) is -0.927. The van der Waals surface area contributed by atoms with Crippen LogP contribution in [0.1, 0.15) is 27.0 Å². The second kappa shape index (κ2) is 7.81. The van der Waals surface area contributed by atoms with Crippen molar-refractivity contribution in [1.82, 2.24) is 5.32 Å². The lowest BCUT2D eigenvalue weighted by Crippen LogP contribution is -2.46. The molecule has 0 aliphatic carbocycles. The molecular weight excluding hydrogens is 392 g/mol. The smallest absolute Gasteiger partial charge is 0.251 e. The Morgan fingerprint density at radius 3 is 2.38 bits per heavy atom. The van der Waals surface area contributed by atoms with E-state index in [9.17, 15) is 9.59 Å². The average Bonchev–Trinajstić information content (AvgIpc) is 2.48. The highest BCUT2D eigenvalue weighted by Crippen LogP contribution is 2.22. The molecule has 2 rings (SSSR count). The summed E-state index contributed by atoms with van der Waals surface area (Å²) in [4.78, 5) is 24.2. The molecule has 0 fully saturated rings. The predicted octanol–water partition coefficient (Wildman–Crippen LogP) is 3.55. The number of nitrogens with one attached hydrogen (secondary N) is 1. The van der Waals surface area contributed by atoms with E-state index in [1.807, 2.05) is 19.9 Å². The minimum atomic E-state index is -0.826. The SMILES string of the molecule is Cc1cc(C)cc(C(=O)N[C@H](Cc2cc(Cl)ccc2Br)C(N)=O)c1. The number of carbonyl (C=O) groups excluding carboxylic acids is 2. The van der Waals surface area contributed by atoms with E-state index in [4.69, 9.17) is 17.3 Å². The molecule has 0 heterocycles. The molecule has 24 heavy (non-hydrogen) atoms. The third-order valence-electron chi connectivity index (χ3n) is 3.56. The van der Waals surface area contributed by atoms with Crippen LogP contribution in [0.3, 0.4) is 0 Å². The van der Waals surface area contributed by atoms with E-state index in [0.717, 1.165) is 21.2 Å². The van der Waals surface area contributed by atoms with Crippen molar-refractivity contribution in [1.29, 1.82) is 0 Å². The fourth-order valence-corrected chi connectivity index (χ4v) is 3.09. The van der Waals surface area contributed by atoms with Gasteiger partial charge in [0.15, 0.2) is 0 Å². The van der Waals surface area contributed by atoms with Crippen molar-refractivity contribution in [3.05, 3.63) is 68.1 Å². The van der Waals surface area contributed by atoms with Gasteiger partial charge in [0.2, 0.25) is 5.91 Å². The Morgan fingerprint density at radius 1 is 1.17 bits per heavy atom. The van der Waals surface area contributed by atoms with Crippen LogP contribution in [-0.4, -0.2) is 17.9 Å². The zero-order valence-corrected chi connectivity index (χ0v) is 15.7. The minimum absolute atomic E-state index is 0.257. The molecule has 0 radical (unpaired) electrons. The molecule has 2 amide bonds. The van der Waals surface area contributed by atoms with E-state index in [1.165, 1.54) is 0 Å². The largest absolute Gasteiger partial charge is 0.368 e. The monoisotopic (exact) mass is 408 g/mol. The zero-order chi connectivity index (χ0) is 17.9. The molecule has 3 N–H and O–H groups in total. The number of halogens is 2. The summed E-state index contributed by atoms with van der Waals surface area (Å²) in [6.45, 7) is 3.83. The van der Waals surface area contributed by atoms with Gasteiger partial charge in [-0.2, -0.15) is 0 Å². The van der Waals surface area contributed by atoms with E-state index in [1.54, 1.807) is 30.3 Å². The van der Waals surface area contributed by atoms with Crippen LogP contribution < -0.4 is 11.1 Å². The molecule has 4 nitrogen and oxygen atoms in total. The van der Waals surface area contributed by atoms with Gasteiger partial charge in [-0.15, -0.1) is 0 Å². The fraction of sp³-hybridized carbons (Fsp3) is 0.222. The van der Waals surface area contributed by atoms with Gasteiger partial charge in [0.1, 0.15) is 6.04 Å². The van der Waals surface area contributed by atoms with Crippen LogP contribution in [0, 0.1) is 13.8 Å². The van der Waals surface area contributed by atoms with Gasteiger partial charge in [0, 0.05) is 21.5 Å². The van der Waals surface area contributed by atoms with Crippen molar-refractivity contribution < 1.29 is 9.59 Å². The van der Waals surface area contributed by atoms with Crippen molar-refractivity contribution in [2.24, 2.45) is 5.73 Å². The lowest BCUT2D eigenvalue weighted by molar-refractivity contribution is -0.119. The first kappa shape index (κ1) is 18.5. The molecule has 2 aromatic carbocycles. The lowest BCUT2D eigenvalue weighted by atomic mass is 10.0. The average molecular weight is 410 g/mol. The number of rotatable bonds is 5. The Bertz CT molecular complexity index is 772. The van der Waals surface area contributed by atoms with Crippen molar-refractivity contribution in [3.63, 3.8) is 0 Å². The molecule has 0 aliphatic rings. The van der Waals surface area contributed by atoms with Crippen LogP contribution >= 0.6 is 27.5 Å². The molecule has 0 aliphatic heterocycles. The fourth-order valence-electron chi connectivity index (χ4n) is 2.49. The van der Waals surface area contributed by atoms with Crippen LogP contribution in [0.5, 0.6) is 0 Å². The van der Waals surface area contributed by atoms with E-state index < -0.39 is 11.9 Å². The first-order chi connectivity index (χ1) is 11.3. The molecule has 2 aromatic rings. The Hall–Kier alpha value is -1.85. The summed E-state index contributed by atoms with van der Waals surface area (Å²) in [5.41, 5.74) is 8.72. The molecule has 0 unspecified atom stereocenters. The van der Waals surface area contributed by atoms with Crippen LogP contribution in [0.25, 0.3) is 0 Å². The number of hydrogen-bond acceptors (Lipinski definition) is 2. The van der Waals surface area contributed by atoms with Crippen LogP contribution in [0.4, 0.5) is 0 Å². The standard InChI is InChI=1S/C18H18BrClN2O2/c1-10-5-11(2)7-13(6-10)18(24)22-16(17(21)23)9-12-8-14(20)3-4-15(12)19/h3-8,16H,9H2,1-2H3,(H2,21,23)(H,22,24)/t16-/m1/s1. The van der Waals surface area contributed by atoms with Crippen molar-refractivity contribution >= 4 is 39.3 Å². The third-order valence-corrected chi connectivity index (χ3v) is 4.57. The summed E-state index contributed by atoms with van der Waals surface area (Å²) in [5, 5.41) is 3.26. The second-order valence-electron chi connectivity index (χ2n) is 5.74. The number of benzene rings is 2. The molecular formula is C18H18BrClN2O2. The van der Waals surface area contributed by atoms with Gasteiger partial charge in [0.05, 0.1) is 0 Å². The zero-order valence-electron chi connectivity index (χ0n) is 13.4. The van der Waals surface area contributed by atoms with E-state index in [0.29, 0.717) is 10.6 Å². The number of nitrogens with two attached hydrogens (primary N) is 1. The Kier molecular flexibility index (Phi) is 6.02. The minimum Gasteiger partial charge on any atom is -0.368 e. The Morgan fingerprint density at radius 2 is 1.79 bits per heavy atom. The molecule has 126 valence electrons. The topological polar surface area (TPSA) is 72.2 Å². The highest BCUT2D eigenvalue weighted by molar-refractivity contribution is 9.10. The number of carbonyl (C=O) groups is 2. The van der Waals surface area contributed by atoms with E-state index in [2.05, 4.69) is 21.2 Å². The van der Waals surface area contributed by atoms with Gasteiger partial charge in [0.25, 0.3) is 5.91 Å². The lowest BCUT2D eigenvalue weighted by Gasteiger charge is -2.17. The number of primary amides is 1. The molecule has 0 saturated carbocycles. The van der Waals surface area contributed by atoms with Gasteiger partial charge in [-0.25, -0.2) is 0 Å². The maximum atomic E-state index is 12.4. The van der Waals surface area contributed by atoms with Gasteiger partial charge in [-0.1, -0.05) is 44.7 Å². The second-order valence-corrected chi connectivity index (χ2v) is 7.04. The summed E-state index contributed by atoms with van der Waals surface area (Å²) < 4.78 is 0.804. The van der Waals surface area contributed by atoms with Gasteiger partial charge < -0.3 is 11.1 Å². The van der Waals surface area contributed by atoms with Gasteiger partial charge in [-0.3, -0.25) is 9.59 Å². The first-order valence-corrected chi connectivity index (χ1v) is 8.56. The summed E-state index contributed by atoms with van der Waals surface area (Å²) >= 11 is 9.41. The number of hydrogen-bond donors (Lipinski definition) is 2. The van der Waals surface area contributed by atoms with Crippen LogP contribution in [0.2, 0.25) is 5.02 Å². The predicted molar refractivity (Wildman–Crippen MR) is 99.2 cm³/mol. The van der Waals surface area contributed by atoms with Crippen LogP contribution in [0.15, 0.2) is 40.9 Å². The first-order valence-electron chi connectivity index (χ1n) is 7.38. The quantitative estimate of drug-likeness (QED) is 0.793. The van der Waals surface area contributed by atoms with E-state index in [-0.39, 0.29) is 12.3 Å². The van der Waals surface area contributed by atoms with Gasteiger partial charge >= 0.3 is 0 Å². The summed E-state index contributed by atoms with van der Waals surface area (Å²) in [7, 11) is 0. The van der Waals surface area contributed by atoms with Gasteiger partial charge in [-0.05, 0) is 49.7 Å². The van der Waals surface area contributed by atoms with Crippen LogP contribution in [-0.2, 0) is 11.2 Å². The summed E-state index contributed by atoms with van der Waals surface area (Å²) in [6, 6.07) is 9.97. The Balaban J connectivity index is 2.20. The highest BCUT2D eigenvalue weighted by Gasteiger charge is 2.21. The normalized spacial score (nSPS) is 11.8. The summed E-state index contributed by atoms with van der Waals surface area (Å²) in [6.07, 6.45) is 0.257. The van der Waals surface area contributed by atoms with Crippen molar-refractivity contribution in [3.8, 4) is 0 Å². The van der Waals surface area contributed by atoms with Crippen molar-refractivity contribution in [2.75, 3.05) is 0 Å². The number of amides is 2. The molecule has 0 bridgehead atoms. The number of aryl methyl sites for hydroxylation is 2. The Labute approximate surface area is 154 Å². The van der Waals surface area contributed by atoms with Crippen molar-refractivity contribution in [2.45, 2.75) is 26.3 Å². The third kappa shape index (κ3) is 4.82. The highest BCUT2D eigenvalue weighted by atomic mass is 79.9. The molecule has 6 heteroatoms.